The normalized spacial score (nSPS) is 14.1. The highest BCUT2D eigenvalue weighted by atomic mass is 32.2. The third-order valence-electron chi connectivity index (χ3n) is 4.99. The Morgan fingerprint density at radius 2 is 2.00 bits per heavy atom. The van der Waals surface area contributed by atoms with Crippen molar-refractivity contribution in [1.82, 2.24) is 19.9 Å². The fourth-order valence-electron chi connectivity index (χ4n) is 3.09. The predicted octanol–water partition coefficient (Wildman–Crippen LogP) is 3.05. The second-order valence-corrected chi connectivity index (χ2v) is 11.6. The molecule has 0 unspecified atom stereocenters. The number of fused-ring (bicyclic) bond motifs is 1. The number of aromatic nitrogens is 4. The summed E-state index contributed by atoms with van der Waals surface area (Å²) in [6, 6.07) is 6.02. The van der Waals surface area contributed by atoms with Crippen LogP contribution in [0.5, 0.6) is 5.88 Å². The zero-order valence-corrected chi connectivity index (χ0v) is 20.7. The summed E-state index contributed by atoms with van der Waals surface area (Å²) < 4.78 is 30.1. The summed E-state index contributed by atoms with van der Waals surface area (Å²) in [6.07, 6.45) is 4.41. The number of nitrogens with zero attached hydrogens (tertiary/aromatic N) is 5. The number of sulfone groups is 1. The molecular weight excluding hydrogens is 512 g/mol. The lowest BCUT2D eigenvalue weighted by molar-refractivity contribution is -0.110. The predicted molar refractivity (Wildman–Crippen MR) is 130 cm³/mol. The number of hydrogen-bond acceptors (Lipinski definition) is 12. The molecule has 1 aliphatic rings. The highest BCUT2D eigenvalue weighted by Gasteiger charge is 2.36. The molecule has 0 atom stereocenters. The molecule has 5 rings (SSSR count). The first-order valence-corrected chi connectivity index (χ1v) is 13.6. The average molecular weight is 531 g/mol. The van der Waals surface area contributed by atoms with Crippen molar-refractivity contribution in [2.45, 2.75) is 29.6 Å². The van der Waals surface area contributed by atoms with Gasteiger partial charge in [-0.15, -0.1) is 11.3 Å². The number of nitrogens with one attached hydrogen (secondary N) is 1. The highest BCUT2D eigenvalue weighted by molar-refractivity contribution is 7.92. The van der Waals surface area contributed by atoms with Gasteiger partial charge in [0.1, 0.15) is 5.01 Å². The van der Waals surface area contributed by atoms with Crippen LogP contribution >= 0.6 is 22.7 Å². The Kier molecular flexibility index (Phi) is 6.40. The van der Waals surface area contributed by atoms with Crippen LogP contribution in [0.3, 0.4) is 0 Å². The molecule has 11 nitrogen and oxygen atoms in total. The van der Waals surface area contributed by atoms with E-state index in [1.807, 2.05) is 0 Å². The van der Waals surface area contributed by atoms with Crippen molar-refractivity contribution in [1.29, 1.82) is 0 Å². The highest BCUT2D eigenvalue weighted by Crippen LogP contribution is 2.33. The van der Waals surface area contributed by atoms with Gasteiger partial charge in [-0.2, -0.15) is 9.97 Å². The van der Waals surface area contributed by atoms with Crippen molar-refractivity contribution in [3.63, 3.8) is 0 Å². The van der Waals surface area contributed by atoms with Crippen molar-refractivity contribution in [2.24, 2.45) is 5.16 Å². The zero-order chi connectivity index (χ0) is 24.4. The molecule has 14 heteroatoms. The minimum absolute atomic E-state index is 0.0466. The second-order valence-electron chi connectivity index (χ2n) is 7.42. The molecule has 180 valence electrons. The van der Waals surface area contributed by atoms with Crippen LogP contribution < -0.4 is 10.1 Å². The van der Waals surface area contributed by atoms with Crippen LogP contribution in [0.1, 0.15) is 23.4 Å². The van der Waals surface area contributed by atoms with Gasteiger partial charge in [0.25, 0.3) is 5.91 Å². The van der Waals surface area contributed by atoms with Gasteiger partial charge in [-0.3, -0.25) is 10.1 Å². The molecule has 0 bridgehead atoms. The number of thiazole rings is 2. The van der Waals surface area contributed by atoms with E-state index in [0.29, 0.717) is 39.8 Å². The Balaban J connectivity index is 1.40. The summed E-state index contributed by atoms with van der Waals surface area (Å²) in [5.74, 6) is -0.258. The van der Waals surface area contributed by atoms with Crippen molar-refractivity contribution in [3.8, 4) is 5.88 Å². The van der Waals surface area contributed by atoms with Crippen LogP contribution in [-0.2, 0) is 26.1 Å². The Morgan fingerprint density at radius 1 is 1.20 bits per heavy atom. The van der Waals surface area contributed by atoms with Gasteiger partial charge in [0, 0.05) is 17.1 Å². The maximum Gasteiger partial charge on any atom is 0.280 e. The van der Waals surface area contributed by atoms with E-state index in [2.05, 4.69) is 30.4 Å². The lowest BCUT2D eigenvalue weighted by Gasteiger charge is -2.08. The van der Waals surface area contributed by atoms with E-state index in [0.717, 1.165) is 11.3 Å². The number of rotatable bonds is 9. The lowest BCUT2D eigenvalue weighted by Crippen LogP contribution is -2.24. The van der Waals surface area contributed by atoms with Gasteiger partial charge >= 0.3 is 0 Å². The van der Waals surface area contributed by atoms with Crippen LogP contribution in [0.2, 0.25) is 0 Å². The minimum atomic E-state index is -3.36. The first-order chi connectivity index (χ1) is 16.9. The number of ether oxygens (including phenoxy) is 1. The van der Waals surface area contributed by atoms with Gasteiger partial charge in [0.05, 0.1) is 23.5 Å². The van der Waals surface area contributed by atoms with Gasteiger partial charge in [0.2, 0.25) is 5.88 Å². The quantitative estimate of drug-likeness (QED) is 0.255. The van der Waals surface area contributed by atoms with Gasteiger partial charge in [-0.1, -0.05) is 28.6 Å². The summed E-state index contributed by atoms with van der Waals surface area (Å²) in [5.41, 5.74) is 0.698. The van der Waals surface area contributed by atoms with Gasteiger partial charge in [-0.05, 0) is 25.0 Å². The van der Waals surface area contributed by atoms with Crippen molar-refractivity contribution >= 4 is 59.7 Å². The number of carbonyl (C=O) groups is 1. The summed E-state index contributed by atoms with van der Waals surface area (Å²) in [7, 11) is -1.87. The Labute approximate surface area is 207 Å². The molecule has 0 radical (unpaired) electrons. The van der Waals surface area contributed by atoms with Crippen LogP contribution in [0.4, 0.5) is 5.13 Å². The van der Waals surface area contributed by atoms with Crippen LogP contribution in [0.25, 0.3) is 10.5 Å². The maximum absolute atomic E-state index is 13.2. The van der Waals surface area contributed by atoms with E-state index in [-0.39, 0.29) is 27.6 Å². The number of amides is 1. The maximum atomic E-state index is 13.2. The standard InChI is InChI=1S/C21H18N6O5S3/c1-31-15-10-23-18-20(24-15)34-21(25-18)26-19(28)17(27-32-11-16-22-8-9-33-16)12-2-4-13(5-3-12)35(29,30)14-6-7-14/h2-5,8-10,14H,6-7,11H2,1H3,(H,23,25,26,28). The molecule has 0 saturated heterocycles. The Hall–Kier alpha value is -3.49. The molecule has 1 aliphatic carbocycles. The van der Waals surface area contributed by atoms with Crippen molar-refractivity contribution in [2.75, 3.05) is 12.4 Å². The summed E-state index contributed by atoms with van der Waals surface area (Å²) >= 11 is 2.52. The number of benzene rings is 1. The molecule has 35 heavy (non-hydrogen) atoms. The fourth-order valence-corrected chi connectivity index (χ4v) is 6.05. The molecular formula is C21H18N6O5S3. The van der Waals surface area contributed by atoms with E-state index >= 15 is 0 Å². The van der Waals surface area contributed by atoms with E-state index in [1.165, 1.54) is 48.9 Å². The average Bonchev–Trinajstić information content (AvgIpc) is 3.46. The molecule has 0 spiro atoms. The largest absolute Gasteiger partial charge is 0.480 e. The first kappa shape index (κ1) is 23.3. The monoisotopic (exact) mass is 530 g/mol. The molecule has 1 aromatic carbocycles. The minimum Gasteiger partial charge on any atom is -0.480 e. The molecule has 1 amide bonds. The molecule has 0 aliphatic heterocycles. The topological polar surface area (TPSA) is 146 Å². The molecule has 3 aromatic heterocycles. The van der Waals surface area contributed by atoms with Gasteiger partial charge in [-0.25, -0.2) is 18.4 Å². The number of oxime groups is 1. The zero-order valence-electron chi connectivity index (χ0n) is 18.2. The SMILES string of the molecule is COc1cnc2nc(NC(=O)C(=NOCc3nccs3)c3ccc(S(=O)(=O)C4CC4)cc3)sc2n1. The van der Waals surface area contributed by atoms with Crippen molar-refractivity contribution in [3.05, 3.63) is 52.6 Å². The van der Waals surface area contributed by atoms with E-state index < -0.39 is 15.7 Å². The number of carbonyl (C=O) groups excluding carboxylic acids is 1. The Morgan fingerprint density at radius 3 is 2.69 bits per heavy atom. The lowest BCUT2D eigenvalue weighted by atomic mass is 10.1. The van der Waals surface area contributed by atoms with Crippen LogP contribution in [0, 0.1) is 0 Å². The summed E-state index contributed by atoms with van der Waals surface area (Å²) in [5, 5.41) is 9.15. The van der Waals surface area contributed by atoms with Crippen LogP contribution in [0.15, 0.2) is 52.1 Å². The van der Waals surface area contributed by atoms with E-state index in [1.54, 1.807) is 11.6 Å². The Bertz CT molecular complexity index is 1500. The molecule has 3 heterocycles. The third kappa shape index (κ3) is 5.13. The molecule has 1 saturated carbocycles. The summed E-state index contributed by atoms with van der Waals surface area (Å²) in [6.45, 7) is 0.0807. The third-order valence-corrected chi connectivity index (χ3v) is 8.88. The fraction of sp³-hybridized carbons (Fsp3) is 0.238. The first-order valence-electron chi connectivity index (χ1n) is 10.4. The number of hydrogen-bond donors (Lipinski definition) is 1. The molecule has 4 aromatic rings. The second kappa shape index (κ2) is 9.64. The number of anilines is 1. The van der Waals surface area contributed by atoms with Gasteiger partial charge < -0.3 is 9.57 Å². The van der Waals surface area contributed by atoms with Crippen molar-refractivity contribution < 1.29 is 22.8 Å². The van der Waals surface area contributed by atoms with Crippen LogP contribution in [-0.4, -0.2) is 52.3 Å². The van der Waals surface area contributed by atoms with E-state index in [9.17, 15) is 13.2 Å². The van der Waals surface area contributed by atoms with Gasteiger partial charge in [0.15, 0.2) is 37.8 Å². The number of methoxy groups -OCH3 is 1. The van der Waals surface area contributed by atoms with E-state index in [4.69, 9.17) is 9.57 Å². The molecule has 1 N–H and O–H groups in total. The molecule has 1 fully saturated rings. The summed E-state index contributed by atoms with van der Waals surface area (Å²) in [4.78, 5) is 36.1. The smallest absolute Gasteiger partial charge is 0.280 e.